The molecule has 2 aliphatic heterocycles. The molecule has 10 heteroatoms. The van der Waals surface area contributed by atoms with Gasteiger partial charge in [0, 0.05) is 51.5 Å². The summed E-state index contributed by atoms with van der Waals surface area (Å²) < 4.78 is 38.1. The monoisotopic (exact) mass is 425 g/mol. The van der Waals surface area contributed by atoms with Gasteiger partial charge in [-0.2, -0.15) is 13.2 Å². The second-order valence-electron chi connectivity index (χ2n) is 8.22. The number of aromatic nitrogens is 1. The van der Waals surface area contributed by atoms with Gasteiger partial charge in [0.2, 0.25) is 5.91 Å². The number of urea groups is 1. The standard InChI is InChI=1S/C20H26F3N5O2/c21-20(22,23)15-3-6-17(24-12-15)26-8-10-27(11-9-26)18(29)14-2-1-7-28(13-14)19(30)25-16-4-5-16/h3,6,12,14,16H,1-2,4-5,7-11,13H2,(H,25,30). The summed E-state index contributed by atoms with van der Waals surface area (Å²) in [5.74, 6) is 0.342. The van der Waals surface area contributed by atoms with Crippen LogP contribution in [0.1, 0.15) is 31.2 Å². The minimum Gasteiger partial charge on any atom is -0.353 e. The Balaban J connectivity index is 1.29. The molecule has 0 spiro atoms. The minimum atomic E-state index is -4.40. The van der Waals surface area contributed by atoms with E-state index < -0.39 is 11.7 Å². The number of anilines is 1. The molecule has 3 aliphatic rings. The van der Waals surface area contributed by atoms with E-state index in [2.05, 4.69) is 10.3 Å². The van der Waals surface area contributed by atoms with Crippen LogP contribution in [-0.2, 0) is 11.0 Å². The third-order valence-corrected chi connectivity index (χ3v) is 5.95. The maximum atomic E-state index is 13.0. The van der Waals surface area contributed by atoms with Crippen molar-refractivity contribution in [2.24, 2.45) is 5.92 Å². The van der Waals surface area contributed by atoms with Gasteiger partial charge in [0.25, 0.3) is 0 Å². The molecule has 30 heavy (non-hydrogen) atoms. The molecule has 3 heterocycles. The first kappa shape index (κ1) is 20.7. The van der Waals surface area contributed by atoms with E-state index in [1.165, 1.54) is 6.07 Å². The van der Waals surface area contributed by atoms with Gasteiger partial charge in [-0.15, -0.1) is 0 Å². The lowest BCUT2D eigenvalue weighted by molar-refractivity contribution is -0.138. The lowest BCUT2D eigenvalue weighted by Crippen LogP contribution is -2.54. The quantitative estimate of drug-likeness (QED) is 0.807. The van der Waals surface area contributed by atoms with Crippen LogP contribution in [0.4, 0.5) is 23.8 Å². The Morgan fingerprint density at radius 2 is 1.73 bits per heavy atom. The van der Waals surface area contributed by atoms with E-state index in [0.717, 1.165) is 37.9 Å². The molecule has 3 fully saturated rings. The Bertz CT molecular complexity index is 774. The van der Waals surface area contributed by atoms with E-state index in [9.17, 15) is 22.8 Å². The third kappa shape index (κ3) is 4.79. The van der Waals surface area contributed by atoms with E-state index in [1.54, 1.807) is 9.80 Å². The number of hydrogen-bond donors (Lipinski definition) is 1. The second kappa shape index (κ2) is 8.31. The molecule has 1 atom stereocenters. The molecule has 1 aliphatic carbocycles. The van der Waals surface area contributed by atoms with Gasteiger partial charge in [0.1, 0.15) is 5.82 Å². The van der Waals surface area contributed by atoms with E-state index in [4.69, 9.17) is 0 Å². The SMILES string of the molecule is O=C(NC1CC1)N1CCCC(C(=O)N2CCN(c3ccc(C(F)(F)F)cn3)CC2)C1. The van der Waals surface area contributed by atoms with Crippen molar-refractivity contribution in [2.75, 3.05) is 44.2 Å². The molecular formula is C20H26F3N5O2. The first-order valence-corrected chi connectivity index (χ1v) is 10.4. The first-order chi connectivity index (χ1) is 14.3. The van der Waals surface area contributed by atoms with Gasteiger partial charge in [-0.25, -0.2) is 9.78 Å². The maximum Gasteiger partial charge on any atom is 0.417 e. The number of rotatable bonds is 3. The average Bonchev–Trinajstić information content (AvgIpc) is 3.57. The summed E-state index contributed by atoms with van der Waals surface area (Å²) in [6, 6.07) is 2.62. The van der Waals surface area contributed by atoms with E-state index in [-0.39, 0.29) is 17.9 Å². The zero-order valence-electron chi connectivity index (χ0n) is 16.7. The number of carbonyl (C=O) groups excluding carboxylic acids is 2. The molecule has 1 N–H and O–H groups in total. The number of nitrogens with one attached hydrogen (secondary N) is 1. The summed E-state index contributed by atoms with van der Waals surface area (Å²) >= 11 is 0. The van der Waals surface area contributed by atoms with Crippen molar-refractivity contribution in [1.29, 1.82) is 0 Å². The highest BCUT2D eigenvalue weighted by Gasteiger charge is 2.35. The highest BCUT2D eigenvalue weighted by molar-refractivity contribution is 5.81. The molecule has 1 aromatic rings. The fourth-order valence-corrected chi connectivity index (χ4v) is 4.01. The van der Waals surface area contributed by atoms with Crippen molar-refractivity contribution in [3.8, 4) is 0 Å². The van der Waals surface area contributed by atoms with Crippen LogP contribution in [0.3, 0.4) is 0 Å². The Kier molecular flexibility index (Phi) is 5.75. The highest BCUT2D eigenvalue weighted by atomic mass is 19.4. The maximum absolute atomic E-state index is 13.0. The number of likely N-dealkylation sites (tertiary alicyclic amines) is 1. The van der Waals surface area contributed by atoms with E-state index >= 15 is 0 Å². The van der Waals surface area contributed by atoms with Crippen LogP contribution in [-0.4, -0.2) is 72.0 Å². The number of piperazine rings is 1. The molecule has 3 amide bonds. The summed E-state index contributed by atoms with van der Waals surface area (Å²) in [6.07, 6.45) is 0.0763. The molecular weight excluding hydrogens is 399 g/mol. The Labute approximate surface area is 173 Å². The van der Waals surface area contributed by atoms with Gasteiger partial charge in [-0.05, 0) is 37.8 Å². The lowest BCUT2D eigenvalue weighted by atomic mass is 9.96. The topological polar surface area (TPSA) is 68.8 Å². The Morgan fingerprint density at radius 1 is 1.00 bits per heavy atom. The zero-order valence-corrected chi connectivity index (χ0v) is 16.7. The number of nitrogens with zero attached hydrogens (tertiary/aromatic N) is 4. The number of hydrogen-bond acceptors (Lipinski definition) is 4. The molecule has 0 radical (unpaired) electrons. The molecule has 4 rings (SSSR count). The molecule has 164 valence electrons. The van der Waals surface area contributed by atoms with Gasteiger partial charge in [-0.1, -0.05) is 0 Å². The summed E-state index contributed by atoms with van der Waals surface area (Å²) in [6.45, 7) is 3.14. The van der Waals surface area contributed by atoms with Crippen LogP contribution in [0, 0.1) is 5.92 Å². The zero-order chi connectivity index (χ0) is 21.3. The first-order valence-electron chi connectivity index (χ1n) is 10.4. The minimum absolute atomic E-state index is 0.0546. The molecule has 7 nitrogen and oxygen atoms in total. The van der Waals surface area contributed by atoms with Crippen molar-refractivity contribution < 1.29 is 22.8 Å². The molecule has 2 saturated heterocycles. The highest BCUT2D eigenvalue weighted by Crippen LogP contribution is 2.29. The van der Waals surface area contributed by atoms with Gasteiger partial charge in [0.05, 0.1) is 11.5 Å². The predicted octanol–water partition coefficient (Wildman–Crippen LogP) is 2.33. The molecule has 1 saturated carbocycles. The number of amides is 3. The van der Waals surface area contributed by atoms with Crippen molar-refractivity contribution in [3.05, 3.63) is 23.9 Å². The average molecular weight is 425 g/mol. The Morgan fingerprint density at radius 3 is 2.33 bits per heavy atom. The summed E-state index contributed by atoms with van der Waals surface area (Å²) in [4.78, 5) is 34.6. The number of alkyl halides is 3. The van der Waals surface area contributed by atoms with Crippen molar-refractivity contribution in [3.63, 3.8) is 0 Å². The van der Waals surface area contributed by atoms with Crippen molar-refractivity contribution in [2.45, 2.75) is 37.9 Å². The Hall–Kier alpha value is -2.52. The fraction of sp³-hybridized carbons (Fsp3) is 0.650. The smallest absolute Gasteiger partial charge is 0.353 e. The summed E-state index contributed by atoms with van der Waals surface area (Å²) in [5, 5.41) is 2.98. The van der Waals surface area contributed by atoms with Gasteiger partial charge in [0.15, 0.2) is 0 Å². The number of halogens is 3. The van der Waals surface area contributed by atoms with Crippen LogP contribution >= 0.6 is 0 Å². The van der Waals surface area contributed by atoms with Crippen LogP contribution in [0.25, 0.3) is 0 Å². The number of carbonyl (C=O) groups is 2. The summed E-state index contributed by atoms with van der Waals surface area (Å²) in [5.41, 5.74) is -0.771. The van der Waals surface area contributed by atoms with Crippen LogP contribution < -0.4 is 10.2 Å². The molecule has 0 bridgehead atoms. The third-order valence-electron chi connectivity index (χ3n) is 5.95. The number of piperidine rings is 1. The van der Waals surface area contributed by atoms with E-state index in [0.29, 0.717) is 51.1 Å². The van der Waals surface area contributed by atoms with Crippen LogP contribution in [0.15, 0.2) is 18.3 Å². The lowest BCUT2D eigenvalue weighted by Gasteiger charge is -2.39. The van der Waals surface area contributed by atoms with Gasteiger partial charge in [-0.3, -0.25) is 4.79 Å². The normalized spacial score (nSPS) is 22.8. The van der Waals surface area contributed by atoms with Gasteiger partial charge < -0.3 is 20.0 Å². The van der Waals surface area contributed by atoms with Crippen LogP contribution in [0.5, 0.6) is 0 Å². The van der Waals surface area contributed by atoms with E-state index in [1.807, 2.05) is 4.90 Å². The largest absolute Gasteiger partial charge is 0.417 e. The van der Waals surface area contributed by atoms with Gasteiger partial charge >= 0.3 is 12.2 Å². The number of pyridine rings is 1. The predicted molar refractivity (Wildman–Crippen MR) is 104 cm³/mol. The van der Waals surface area contributed by atoms with Crippen LogP contribution in [0.2, 0.25) is 0 Å². The fourth-order valence-electron chi connectivity index (χ4n) is 4.01. The second-order valence-corrected chi connectivity index (χ2v) is 8.22. The molecule has 1 aromatic heterocycles. The molecule has 0 aromatic carbocycles. The molecule has 1 unspecified atom stereocenters. The van der Waals surface area contributed by atoms with Crippen molar-refractivity contribution in [1.82, 2.24) is 20.1 Å². The summed E-state index contributed by atoms with van der Waals surface area (Å²) in [7, 11) is 0. The van der Waals surface area contributed by atoms with Crippen molar-refractivity contribution >= 4 is 17.8 Å².